The van der Waals surface area contributed by atoms with Gasteiger partial charge in [-0.2, -0.15) is 5.10 Å². The fraction of sp³-hybridized carbons (Fsp3) is 0.444. The molecule has 1 aliphatic heterocycles. The van der Waals surface area contributed by atoms with E-state index in [-0.39, 0.29) is 11.6 Å². The van der Waals surface area contributed by atoms with Gasteiger partial charge in [0.2, 0.25) is 0 Å². The molecule has 4 heterocycles. The van der Waals surface area contributed by atoms with Crippen molar-refractivity contribution in [3.05, 3.63) is 64.9 Å². The first-order valence-corrected chi connectivity index (χ1v) is 12.7. The van der Waals surface area contributed by atoms with Gasteiger partial charge in [-0.05, 0) is 43.9 Å². The van der Waals surface area contributed by atoms with Gasteiger partial charge in [-0.1, -0.05) is 49.6 Å². The van der Waals surface area contributed by atoms with Crippen LogP contribution in [-0.4, -0.2) is 32.0 Å². The van der Waals surface area contributed by atoms with E-state index in [0.29, 0.717) is 17.4 Å². The van der Waals surface area contributed by atoms with Gasteiger partial charge in [-0.15, -0.1) is 0 Å². The quantitative estimate of drug-likeness (QED) is 0.305. The summed E-state index contributed by atoms with van der Waals surface area (Å²) in [4.78, 5) is 9.18. The van der Waals surface area contributed by atoms with Gasteiger partial charge in [0.05, 0.1) is 11.6 Å². The standard InChI is InChI=1S/C27H29ClN4O2/c1-2-22-21(20-7-3-4-8-23(20)34-22)16-25-30-26(18-9-13-29-24(28)15-18)31-32(25)19-10-14-33-27(17-19)11-5-6-12-27/h3-4,7-9,13,15,19H,2,5-6,10-12,14,16-17H2,1H3. The minimum atomic E-state index is 0.00317. The highest BCUT2D eigenvalue weighted by Crippen LogP contribution is 2.44. The summed E-state index contributed by atoms with van der Waals surface area (Å²) in [5.41, 5.74) is 3.02. The second-order valence-electron chi connectivity index (χ2n) is 9.58. The first-order chi connectivity index (χ1) is 16.6. The van der Waals surface area contributed by atoms with Crippen LogP contribution in [0.15, 0.2) is 47.0 Å². The largest absolute Gasteiger partial charge is 0.461 e. The molecule has 0 N–H and O–H groups in total. The summed E-state index contributed by atoms with van der Waals surface area (Å²) >= 11 is 6.19. The predicted octanol–water partition coefficient (Wildman–Crippen LogP) is 6.56. The Morgan fingerprint density at radius 1 is 1.18 bits per heavy atom. The Morgan fingerprint density at radius 2 is 2.03 bits per heavy atom. The number of benzene rings is 1. The summed E-state index contributed by atoms with van der Waals surface area (Å²) in [6, 6.07) is 12.3. The number of hydrogen-bond acceptors (Lipinski definition) is 5. The lowest BCUT2D eigenvalue weighted by atomic mass is 9.89. The SMILES string of the molecule is CCc1oc2ccccc2c1Cc1nc(-c2ccnc(Cl)c2)nn1C1CCOC2(CCCC2)C1. The molecule has 2 fully saturated rings. The Labute approximate surface area is 204 Å². The normalized spacial score (nSPS) is 19.9. The van der Waals surface area contributed by atoms with Crippen molar-refractivity contribution >= 4 is 22.6 Å². The van der Waals surface area contributed by atoms with Crippen molar-refractivity contribution in [1.29, 1.82) is 0 Å². The van der Waals surface area contributed by atoms with Crippen molar-refractivity contribution in [2.75, 3.05) is 6.61 Å². The van der Waals surface area contributed by atoms with E-state index in [1.54, 1.807) is 6.20 Å². The summed E-state index contributed by atoms with van der Waals surface area (Å²) in [7, 11) is 0. The molecule has 3 aromatic heterocycles. The fourth-order valence-electron chi connectivity index (χ4n) is 5.80. The second-order valence-corrected chi connectivity index (χ2v) is 9.97. The summed E-state index contributed by atoms with van der Waals surface area (Å²) in [5, 5.41) is 6.65. The van der Waals surface area contributed by atoms with Crippen LogP contribution >= 0.6 is 11.6 Å². The maximum absolute atomic E-state index is 6.32. The average Bonchev–Trinajstić information content (AvgIpc) is 3.57. The monoisotopic (exact) mass is 476 g/mol. The number of aromatic nitrogens is 4. The number of hydrogen-bond donors (Lipinski definition) is 0. The van der Waals surface area contributed by atoms with E-state index in [9.17, 15) is 0 Å². The Morgan fingerprint density at radius 3 is 2.85 bits per heavy atom. The zero-order valence-electron chi connectivity index (χ0n) is 19.5. The number of pyridine rings is 1. The molecule has 0 radical (unpaired) electrons. The van der Waals surface area contributed by atoms with Gasteiger partial charge in [0, 0.05) is 42.2 Å². The van der Waals surface area contributed by atoms with E-state index in [2.05, 4.69) is 28.7 Å². The van der Waals surface area contributed by atoms with Crippen molar-refractivity contribution < 1.29 is 9.15 Å². The van der Waals surface area contributed by atoms with Crippen LogP contribution in [-0.2, 0) is 17.6 Å². The van der Waals surface area contributed by atoms with Crippen molar-refractivity contribution in [3.8, 4) is 11.4 Å². The third-order valence-corrected chi connectivity index (χ3v) is 7.66. The van der Waals surface area contributed by atoms with Crippen LogP contribution in [0.3, 0.4) is 0 Å². The van der Waals surface area contributed by atoms with Crippen LogP contribution in [0.1, 0.15) is 68.6 Å². The molecule has 1 saturated carbocycles. The van der Waals surface area contributed by atoms with E-state index in [1.165, 1.54) is 18.4 Å². The van der Waals surface area contributed by atoms with Crippen molar-refractivity contribution in [3.63, 3.8) is 0 Å². The molecule has 34 heavy (non-hydrogen) atoms. The number of ether oxygens (including phenoxy) is 1. The van der Waals surface area contributed by atoms with E-state index in [0.717, 1.165) is 66.8 Å². The molecule has 1 aromatic carbocycles. The number of furan rings is 1. The molecule has 2 aliphatic rings. The number of rotatable bonds is 5. The lowest BCUT2D eigenvalue weighted by molar-refractivity contribution is -0.0913. The van der Waals surface area contributed by atoms with Crippen LogP contribution in [0, 0.1) is 0 Å². The molecule has 176 valence electrons. The molecular formula is C27H29ClN4O2. The van der Waals surface area contributed by atoms with Crippen molar-refractivity contribution in [2.24, 2.45) is 0 Å². The van der Waals surface area contributed by atoms with Gasteiger partial charge in [-0.25, -0.2) is 14.6 Å². The third-order valence-electron chi connectivity index (χ3n) is 7.45. The first-order valence-electron chi connectivity index (χ1n) is 12.3. The number of fused-ring (bicyclic) bond motifs is 1. The fourth-order valence-corrected chi connectivity index (χ4v) is 5.97. The van der Waals surface area contributed by atoms with Gasteiger partial charge in [0.1, 0.15) is 22.3 Å². The molecule has 4 aromatic rings. The highest BCUT2D eigenvalue weighted by molar-refractivity contribution is 6.29. The number of aryl methyl sites for hydroxylation is 1. The molecular weight excluding hydrogens is 448 g/mol. The van der Waals surface area contributed by atoms with Crippen LogP contribution in [0.2, 0.25) is 5.15 Å². The topological polar surface area (TPSA) is 66.0 Å². The van der Waals surface area contributed by atoms with Crippen molar-refractivity contribution in [1.82, 2.24) is 19.7 Å². The molecule has 1 unspecified atom stereocenters. The van der Waals surface area contributed by atoms with Crippen LogP contribution in [0.4, 0.5) is 0 Å². The van der Waals surface area contributed by atoms with Crippen LogP contribution in [0.25, 0.3) is 22.4 Å². The minimum absolute atomic E-state index is 0.00317. The van der Waals surface area contributed by atoms with Gasteiger partial charge in [0.15, 0.2) is 5.82 Å². The summed E-state index contributed by atoms with van der Waals surface area (Å²) in [6.07, 6.45) is 9.95. The van der Waals surface area contributed by atoms with Crippen molar-refractivity contribution in [2.45, 2.75) is 69.9 Å². The summed E-state index contributed by atoms with van der Waals surface area (Å²) < 4.78 is 14.7. The Kier molecular flexibility index (Phi) is 5.66. The Hall–Kier alpha value is -2.70. The van der Waals surface area contributed by atoms with Gasteiger partial charge in [0.25, 0.3) is 0 Å². The highest BCUT2D eigenvalue weighted by atomic mass is 35.5. The lowest BCUT2D eigenvalue weighted by Gasteiger charge is -2.38. The number of halogens is 1. The zero-order chi connectivity index (χ0) is 23.1. The number of nitrogens with zero attached hydrogens (tertiary/aromatic N) is 4. The van der Waals surface area contributed by atoms with E-state index in [4.69, 9.17) is 30.8 Å². The summed E-state index contributed by atoms with van der Waals surface area (Å²) in [5.74, 6) is 2.67. The van der Waals surface area contributed by atoms with Gasteiger partial charge >= 0.3 is 0 Å². The first kappa shape index (κ1) is 21.8. The van der Waals surface area contributed by atoms with E-state index < -0.39 is 0 Å². The lowest BCUT2D eigenvalue weighted by Crippen LogP contribution is -2.38. The van der Waals surface area contributed by atoms with Crippen LogP contribution in [0.5, 0.6) is 0 Å². The Balaban J connectivity index is 1.43. The minimum Gasteiger partial charge on any atom is -0.461 e. The Bertz CT molecular complexity index is 1320. The third kappa shape index (κ3) is 3.93. The average molecular weight is 477 g/mol. The van der Waals surface area contributed by atoms with Gasteiger partial charge < -0.3 is 9.15 Å². The van der Waals surface area contributed by atoms with Crippen LogP contribution < -0.4 is 0 Å². The van der Waals surface area contributed by atoms with E-state index >= 15 is 0 Å². The zero-order valence-corrected chi connectivity index (χ0v) is 20.2. The maximum Gasteiger partial charge on any atom is 0.181 e. The predicted molar refractivity (Wildman–Crippen MR) is 132 cm³/mol. The second kappa shape index (κ2) is 8.82. The molecule has 1 aliphatic carbocycles. The molecule has 0 amide bonds. The molecule has 7 heteroatoms. The van der Waals surface area contributed by atoms with Gasteiger partial charge in [-0.3, -0.25) is 0 Å². The molecule has 6 rings (SSSR count). The molecule has 6 nitrogen and oxygen atoms in total. The molecule has 1 spiro atoms. The van der Waals surface area contributed by atoms with E-state index in [1.807, 2.05) is 24.3 Å². The smallest absolute Gasteiger partial charge is 0.181 e. The highest BCUT2D eigenvalue weighted by Gasteiger charge is 2.41. The number of para-hydroxylation sites is 1. The molecule has 1 atom stereocenters. The molecule has 1 saturated heterocycles. The maximum atomic E-state index is 6.32. The molecule has 0 bridgehead atoms. The summed E-state index contributed by atoms with van der Waals surface area (Å²) in [6.45, 7) is 2.91.